The lowest BCUT2D eigenvalue weighted by Gasteiger charge is -2.35. The van der Waals surface area contributed by atoms with Crippen LogP contribution in [0.2, 0.25) is 0 Å². The van der Waals surface area contributed by atoms with Crippen molar-refractivity contribution in [1.29, 1.82) is 0 Å². The molecule has 2 aliphatic heterocycles. The standard InChI is InChI=1S/C21H31FN2O3/c1-26-16-21(25)24(15-19-6-4-12-27-19)13-17-8-10-23(11-9-17)14-18-5-2-3-7-20(18)22/h2-3,5,7,17,19H,4,6,8-16H2,1H3. The van der Waals surface area contributed by atoms with Crippen molar-refractivity contribution in [1.82, 2.24) is 9.80 Å². The molecule has 1 aromatic carbocycles. The minimum absolute atomic E-state index is 0.0433. The number of likely N-dealkylation sites (tertiary alicyclic amines) is 1. The summed E-state index contributed by atoms with van der Waals surface area (Å²) in [4.78, 5) is 16.7. The van der Waals surface area contributed by atoms with E-state index in [0.29, 0.717) is 19.0 Å². The van der Waals surface area contributed by atoms with Crippen LogP contribution in [0.15, 0.2) is 24.3 Å². The number of ether oxygens (including phenoxy) is 2. The van der Waals surface area contributed by atoms with Gasteiger partial charge in [0.05, 0.1) is 6.10 Å². The number of amides is 1. The molecule has 1 unspecified atom stereocenters. The molecule has 2 aliphatic rings. The van der Waals surface area contributed by atoms with Crippen LogP contribution in [-0.4, -0.2) is 68.3 Å². The molecule has 0 aromatic heterocycles. The Morgan fingerprint density at radius 1 is 1.26 bits per heavy atom. The maximum atomic E-state index is 13.9. The summed E-state index contributed by atoms with van der Waals surface area (Å²) < 4.78 is 24.6. The zero-order valence-electron chi connectivity index (χ0n) is 16.2. The summed E-state index contributed by atoms with van der Waals surface area (Å²) in [6.45, 7) is 4.87. The van der Waals surface area contributed by atoms with Gasteiger partial charge in [-0.15, -0.1) is 0 Å². The van der Waals surface area contributed by atoms with Gasteiger partial charge in [-0.1, -0.05) is 18.2 Å². The van der Waals surface area contributed by atoms with Gasteiger partial charge in [0.15, 0.2) is 0 Å². The predicted molar refractivity (Wildman–Crippen MR) is 102 cm³/mol. The summed E-state index contributed by atoms with van der Waals surface area (Å²) in [6.07, 6.45) is 4.31. The van der Waals surface area contributed by atoms with Gasteiger partial charge in [-0.3, -0.25) is 9.69 Å². The maximum Gasteiger partial charge on any atom is 0.248 e. The van der Waals surface area contributed by atoms with Crippen LogP contribution in [0.5, 0.6) is 0 Å². The highest BCUT2D eigenvalue weighted by Gasteiger charge is 2.27. The van der Waals surface area contributed by atoms with Gasteiger partial charge < -0.3 is 14.4 Å². The molecule has 27 heavy (non-hydrogen) atoms. The molecule has 0 N–H and O–H groups in total. The first-order valence-electron chi connectivity index (χ1n) is 9.99. The summed E-state index contributed by atoms with van der Waals surface area (Å²) in [7, 11) is 1.56. The van der Waals surface area contributed by atoms with E-state index in [-0.39, 0.29) is 24.4 Å². The third-order valence-corrected chi connectivity index (χ3v) is 5.61. The van der Waals surface area contributed by atoms with Crippen LogP contribution in [-0.2, 0) is 20.8 Å². The van der Waals surface area contributed by atoms with Crippen LogP contribution in [0.1, 0.15) is 31.2 Å². The lowest BCUT2D eigenvalue weighted by Crippen LogP contribution is -2.44. The first kappa shape index (κ1) is 20.2. The van der Waals surface area contributed by atoms with E-state index >= 15 is 0 Å². The van der Waals surface area contributed by atoms with Gasteiger partial charge in [-0.2, -0.15) is 0 Å². The van der Waals surface area contributed by atoms with Gasteiger partial charge in [-0.05, 0) is 50.8 Å². The minimum Gasteiger partial charge on any atom is -0.376 e. The first-order valence-corrected chi connectivity index (χ1v) is 9.99. The number of benzene rings is 1. The van der Waals surface area contributed by atoms with E-state index in [9.17, 15) is 9.18 Å². The number of methoxy groups -OCH3 is 1. The number of halogens is 1. The van der Waals surface area contributed by atoms with Crippen molar-refractivity contribution in [3.05, 3.63) is 35.6 Å². The van der Waals surface area contributed by atoms with Crippen LogP contribution in [0.4, 0.5) is 4.39 Å². The van der Waals surface area contributed by atoms with E-state index in [4.69, 9.17) is 9.47 Å². The number of carbonyl (C=O) groups is 1. The van der Waals surface area contributed by atoms with E-state index in [1.54, 1.807) is 13.2 Å². The Hall–Kier alpha value is -1.50. The second kappa shape index (κ2) is 10.2. The molecule has 150 valence electrons. The van der Waals surface area contributed by atoms with Crippen molar-refractivity contribution in [2.75, 3.05) is 46.5 Å². The second-order valence-corrected chi connectivity index (χ2v) is 7.68. The Bertz CT molecular complexity index is 599. The molecule has 2 saturated heterocycles. The van der Waals surface area contributed by atoms with E-state index in [1.807, 2.05) is 17.0 Å². The Balaban J connectivity index is 1.49. The number of piperidine rings is 1. The van der Waals surface area contributed by atoms with Crippen LogP contribution in [0.25, 0.3) is 0 Å². The van der Waals surface area contributed by atoms with Crippen LogP contribution in [0, 0.1) is 11.7 Å². The molecule has 5 nitrogen and oxygen atoms in total. The van der Waals surface area contributed by atoms with Crippen molar-refractivity contribution in [2.45, 2.75) is 38.3 Å². The fourth-order valence-electron chi connectivity index (χ4n) is 4.03. The molecule has 0 bridgehead atoms. The average Bonchev–Trinajstić information content (AvgIpc) is 3.18. The predicted octanol–water partition coefficient (Wildman–Crippen LogP) is 2.69. The smallest absolute Gasteiger partial charge is 0.248 e. The number of rotatable bonds is 8. The summed E-state index contributed by atoms with van der Waals surface area (Å²) in [5.41, 5.74) is 0.756. The molecule has 0 saturated carbocycles. The molecular formula is C21H31FN2O3. The highest BCUT2D eigenvalue weighted by Crippen LogP contribution is 2.22. The molecule has 1 amide bonds. The third-order valence-electron chi connectivity index (χ3n) is 5.61. The molecule has 1 atom stereocenters. The van der Waals surface area contributed by atoms with Crippen molar-refractivity contribution in [3.8, 4) is 0 Å². The molecule has 3 rings (SSSR count). The van der Waals surface area contributed by atoms with Crippen LogP contribution >= 0.6 is 0 Å². The summed E-state index contributed by atoms with van der Waals surface area (Å²) in [5, 5.41) is 0. The van der Waals surface area contributed by atoms with Gasteiger partial charge in [0, 0.05) is 38.9 Å². The first-order chi connectivity index (χ1) is 13.2. The largest absolute Gasteiger partial charge is 0.376 e. The second-order valence-electron chi connectivity index (χ2n) is 7.68. The van der Waals surface area contributed by atoms with Crippen LogP contribution in [0.3, 0.4) is 0 Å². The third kappa shape index (κ3) is 5.99. The van der Waals surface area contributed by atoms with Crippen molar-refractivity contribution in [3.63, 3.8) is 0 Å². The van der Waals surface area contributed by atoms with E-state index < -0.39 is 0 Å². The van der Waals surface area contributed by atoms with Gasteiger partial charge in [0.1, 0.15) is 12.4 Å². The number of hydrogen-bond acceptors (Lipinski definition) is 4. The van der Waals surface area contributed by atoms with E-state index in [0.717, 1.165) is 57.5 Å². The molecule has 0 spiro atoms. The van der Waals surface area contributed by atoms with Gasteiger partial charge >= 0.3 is 0 Å². The van der Waals surface area contributed by atoms with Crippen molar-refractivity contribution < 1.29 is 18.7 Å². The molecule has 2 heterocycles. The average molecular weight is 378 g/mol. The molecule has 0 aliphatic carbocycles. The highest BCUT2D eigenvalue weighted by molar-refractivity contribution is 5.77. The zero-order valence-corrected chi connectivity index (χ0v) is 16.2. The quantitative estimate of drug-likeness (QED) is 0.698. The van der Waals surface area contributed by atoms with Gasteiger partial charge in [-0.25, -0.2) is 4.39 Å². The van der Waals surface area contributed by atoms with Gasteiger partial charge in [0.2, 0.25) is 5.91 Å². The molecule has 0 radical (unpaired) electrons. The molecule has 1 aromatic rings. The molecule has 6 heteroatoms. The topological polar surface area (TPSA) is 42.0 Å². The van der Waals surface area contributed by atoms with E-state index in [1.165, 1.54) is 6.07 Å². The van der Waals surface area contributed by atoms with Crippen molar-refractivity contribution >= 4 is 5.91 Å². The van der Waals surface area contributed by atoms with Crippen molar-refractivity contribution in [2.24, 2.45) is 5.92 Å². The number of carbonyl (C=O) groups excluding carboxylic acids is 1. The maximum absolute atomic E-state index is 13.9. The zero-order chi connectivity index (χ0) is 19.1. The fourth-order valence-corrected chi connectivity index (χ4v) is 4.03. The molecule has 2 fully saturated rings. The minimum atomic E-state index is -0.132. The Morgan fingerprint density at radius 2 is 2.04 bits per heavy atom. The normalized spacial score (nSPS) is 21.5. The molecular weight excluding hydrogens is 347 g/mol. The fraction of sp³-hybridized carbons (Fsp3) is 0.667. The Kier molecular flexibility index (Phi) is 7.61. The Labute approximate surface area is 161 Å². The summed E-state index contributed by atoms with van der Waals surface area (Å²) in [5.74, 6) is 0.387. The van der Waals surface area contributed by atoms with Gasteiger partial charge in [0.25, 0.3) is 0 Å². The lowest BCUT2D eigenvalue weighted by atomic mass is 9.95. The lowest BCUT2D eigenvalue weighted by molar-refractivity contribution is -0.137. The monoisotopic (exact) mass is 378 g/mol. The Morgan fingerprint density at radius 3 is 2.70 bits per heavy atom. The number of nitrogens with zero attached hydrogens (tertiary/aromatic N) is 2. The van der Waals surface area contributed by atoms with E-state index in [2.05, 4.69) is 4.90 Å². The number of hydrogen-bond donors (Lipinski definition) is 0. The summed E-state index contributed by atoms with van der Waals surface area (Å²) in [6, 6.07) is 6.99. The SMILES string of the molecule is COCC(=O)N(CC1CCN(Cc2ccccc2F)CC1)CC1CCCO1. The highest BCUT2D eigenvalue weighted by atomic mass is 19.1. The van der Waals surface area contributed by atoms with Crippen LogP contribution < -0.4 is 0 Å². The summed E-state index contributed by atoms with van der Waals surface area (Å²) >= 11 is 0.